The SMILES string of the molecule is Nc1ccc(CC(NC(=O)c2ccc(C(F)(F)F)cc2)C(=O)N2CCC3OCC(=O)C32)cc1. The van der Waals surface area contributed by atoms with Gasteiger partial charge in [-0.15, -0.1) is 0 Å². The van der Waals surface area contributed by atoms with Crippen LogP contribution in [0.25, 0.3) is 0 Å². The Hall–Kier alpha value is -3.40. The van der Waals surface area contributed by atoms with Gasteiger partial charge in [-0.05, 0) is 48.4 Å². The number of carbonyl (C=O) groups excluding carboxylic acids is 3. The summed E-state index contributed by atoms with van der Waals surface area (Å²) in [6, 6.07) is 8.78. The number of benzene rings is 2. The van der Waals surface area contributed by atoms with Gasteiger partial charge in [-0.25, -0.2) is 0 Å². The molecule has 2 fully saturated rings. The number of nitrogen functional groups attached to an aromatic ring is 1. The number of hydrogen-bond acceptors (Lipinski definition) is 5. The third-order valence-electron chi connectivity index (χ3n) is 5.89. The van der Waals surface area contributed by atoms with Crippen molar-refractivity contribution in [1.29, 1.82) is 0 Å². The van der Waals surface area contributed by atoms with Gasteiger partial charge in [-0.2, -0.15) is 13.2 Å². The smallest absolute Gasteiger partial charge is 0.399 e. The molecule has 3 N–H and O–H groups in total. The first kappa shape index (κ1) is 22.8. The van der Waals surface area contributed by atoms with Gasteiger partial charge in [0.25, 0.3) is 5.91 Å². The van der Waals surface area contributed by atoms with Crippen molar-refractivity contribution in [2.24, 2.45) is 0 Å². The molecule has 0 radical (unpaired) electrons. The number of alkyl halides is 3. The largest absolute Gasteiger partial charge is 0.416 e. The summed E-state index contributed by atoms with van der Waals surface area (Å²) in [6.07, 6.45) is -4.24. The molecular formula is C23H22F3N3O4. The van der Waals surface area contributed by atoms with Crippen molar-refractivity contribution in [2.45, 2.75) is 37.2 Å². The van der Waals surface area contributed by atoms with E-state index in [1.165, 1.54) is 4.90 Å². The number of fused-ring (bicyclic) bond motifs is 1. The van der Waals surface area contributed by atoms with Gasteiger partial charge < -0.3 is 20.7 Å². The number of ketones is 1. The van der Waals surface area contributed by atoms with Crippen molar-refractivity contribution < 1.29 is 32.3 Å². The van der Waals surface area contributed by atoms with Gasteiger partial charge in [0.2, 0.25) is 5.91 Å². The predicted octanol–water partition coefficient (Wildman–Crippen LogP) is 2.20. The topological polar surface area (TPSA) is 102 Å². The zero-order valence-electron chi connectivity index (χ0n) is 17.5. The molecular weight excluding hydrogens is 439 g/mol. The van der Waals surface area contributed by atoms with Crippen LogP contribution in [-0.2, 0) is 26.9 Å². The van der Waals surface area contributed by atoms with Crippen LogP contribution in [0, 0.1) is 0 Å². The number of ether oxygens (including phenoxy) is 1. The van der Waals surface area contributed by atoms with E-state index >= 15 is 0 Å². The van der Waals surface area contributed by atoms with Crippen LogP contribution >= 0.6 is 0 Å². The molecule has 2 aromatic rings. The number of hydrogen-bond donors (Lipinski definition) is 2. The maximum atomic E-state index is 13.4. The number of nitrogens with zero attached hydrogens (tertiary/aromatic N) is 1. The maximum Gasteiger partial charge on any atom is 0.416 e. The Bertz CT molecular complexity index is 1050. The minimum absolute atomic E-state index is 0.0160. The highest BCUT2D eigenvalue weighted by atomic mass is 19.4. The second-order valence-corrected chi connectivity index (χ2v) is 8.13. The molecule has 2 heterocycles. The van der Waals surface area contributed by atoms with Crippen LogP contribution in [0.15, 0.2) is 48.5 Å². The molecule has 33 heavy (non-hydrogen) atoms. The fraction of sp³-hybridized carbons (Fsp3) is 0.348. The molecule has 3 atom stereocenters. The molecule has 10 heteroatoms. The molecule has 4 rings (SSSR count). The van der Waals surface area contributed by atoms with Gasteiger partial charge >= 0.3 is 6.18 Å². The lowest BCUT2D eigenvalue weighted by atomic mass is 10.0. The lowest BCUT2D eigenvalue weighted by molar-refractivity contribution is -0.138. The number of likely N-dealkylation sites (tertiary alicyclic amines) is 1. The third kappa shape index (κ3) is 4.85. The van der Waals surface area contributed by atoms with E-state index in [-0.39, 0.29) is 30.5 Å². The summed E-state index contributed by atoms with van der Waals surface area (Å²) in [5.41, 5.74) is 6.08. The summed E-state index contributed by atoms with van der Waals surface area (Å²) < 4.78 is 43.9. The van der Waals surface area contributed by atoms with Crippen molar-refractivity contribution in [1.82, 2.24) is 10.2 Å². The van der Waals surface area contributed by atoms with Crippen LogP contribution in [0.1, 0.15) is 27.9 Å². The van der Waals surface area contributed by atoms with E-state index in [2.05, 4.69) is 5.32 Å². The highest BCUT2D eigenvalue weighted by Crippen LogP contribution is 2.30. The van der Waals surface area contributed by atoms with Crippen LogP contribution in [0.3, 0.4) is 0 Å². The lowest BCUT2D eigenvalue weighted by Crippen LogP contribution is -2.53. The van der Waals surface area contributed by atoms with Gasteiger partial charge in [-0.3, -0.25) is 14.4 Å². The van der Waals surface area contributed by atoms with Crippen LogP contribution in [-0.4, -0.2) is 53.8 Å². The second kappa shape index (κ2) is 8.86. The number of nitrogens with one attached hydrogen (secondary N) is 1. The van der Waals surface area contributed by atoms with E-state index in [1.807, 2.05) is 0 Å². The number of rotatable bonds is 5. The first-order chi connectivity index (χ1) is 15.6. The maximum absolute atomic E-state index is 13.4. The van der Waals surface area contributed by atoms with Crippen LogP contribution in [0.4, 0.5) is 18.9 Å². The summed E-state index contributed by atoms with van der Waals surface area (Å²) in [5, 5.41) is 2.63. The zero-order valence-corrected chi connectivity index (χ0v) is 17.5. The van der Waals surface area contributed by atoms with E-state index in [9.17, 15) is 27.6 Å². The van der Waals surface area contributed by atoms with E-state index in [0.29, 0.717) is 18.7 Å². The average molecular weight is 461 g/mol. The monoisotopic (exact) mass is 461 g/mol. The molecule has 7 nitrogen and oxygen atoms in total. The van der Waals surface area contributed by atoms with Crippen LogP contribution < -0.4 is 11.1 Å². The van der Waals surface area contributed by atoms with Crippen molar-refractivity contribution in [3.8, 4) is 0 Å². The molecule has 3 unspecified atom stereocenters. The minimum Gasteiger partial charge on any atom is -0.399 e. The fourth-order valence-electron chi connectivity index (χ4n) is 4.18. The van der Waals surface area contributed by atoms with Gasteiger partial charge in [0, 0.05) is 24.2 Å². The van der Waals surface area contributed by atoms with Gasteiger partial charge in [0.05, 0.1) is 11.7 Å². The molecule has 0 aromatic heterocycles. The van der Waals surface area contributed by atoms with Gasteiger partial charge in [-0.1, -0.05) is 12.1 Å². The number of nitrogens with two attached hydrogens (primary N) is 1. The molecule has 2 aliphatic rings. The Labute approximate surface area is 187 Å². The quantitative estimate of drug-likeness (QED) is 0.665. The number of anilines is 1. The molecule has 2 aromatic carbocycles. The fourth-order valence-corrected chi connectivity index (χ4v) is 4.18. The number of halogens is 3. The van der Waals surface area contributed by atoms with E-state index in [1.54, 1.807) is 24.3 Å². The Morgan fingerprint density at radius 1 is 1.12 bits per heavy atom. The van der Waals surface area contributed by atoms with Crippen molar-refractivity contribution >= 4 is 23.3 Å². The number of amides is 2. The first-order valence-corrected chi connectivity index (χ1v) is 10.4. The Balaban J connectivity index is 1.56. The molecule has 0 aliphatic carbocycles. The number of Topliss-reactive ketones (excluding diaryl/α,β-unsaturated/α-hetero) is 1. The molecule has 174 valence electrons. The Kier molecular flexibility index (Phi) is 6.11. The molecule has 0 spiro atoms. The van der Waals surface area contributed by atoms with E-state index < -0.39 is 35.6 Å². The third-order valence-corrected chi connectivity index (χ3v) is 5.89. The minimum atomic E-state index is -4.52. The van der Waals surface area contributed by atoms with E-state index in [4.69, 9.17) is 10.5 Å². The van der Waals surface area contributed by atoms with Crippen molar-refractivity contribution in [3.05, 3.63) is 65.2 Å². The average Bonchev–Trinajstić information content (AvgIpc) is 3.37. The van der Waals surface area contributed by atoms with E-state index in [0.717, 1.165) is 29.8 Å². The summed E-state index contributed by atoms with van der Waals surface area (Å²) in [5.74, 6) is -1.33. The Morgan fingerprint density at radius 3 is 2.42 bits per heavy atom. The first-order valence-electron chi connectivity index (χ1n) is 10.4. The van der Waals surface area contributed by atoms with Crippen LogP contribution in [0.2, 0.25) is 0 Å². The highest BCUT2D eigenvalue weighted by Gasteiger charge is 2.48. The summed E-state index contributed by atoms with van der Waals surface area (Å²) in [7, 11) is 0. The zero-order chi connectivity index (χ0) is 23.8. The molecule has 2 amide bonds. The second-order valence-electron chi connectivity index (χ2n) is 8.13. The molecule has 0 saturated carbocycles. The van der Waals surface area contributed by atoms with Crippen LogP contribution in [0.5, 0.6) is 0 Å². The molecule has 0 bridgehead atoms. The van der Waals surface area contributed by atoms with Crippen molar-refractivity contribution in [3.63, 3.8) is 0 Å². The summed E-state index contributed by atoms with van der Waals surface area (Å²) in [6.45, 7) is 0.258. The Morgan fingerprint density at radius 2 is 1.79 bits per heavy atom. The van der Waals surface area contributed by atoms with Gasteiger partial charge in [0.1, 0.15) is 18.7 Å². The number of carbonyl (C=O) groups is 3. The van der Waals surface area contributed by atoms with Gasteiger partial charge in [0.15, 0.2) is 5.78 Å². The van der Waals surface area contributed by atoms with Crippen molar-refractivity contribution in [2.75, 3.05) is 18.9 Å². The summed E-state index contributed by atoms with van der Waals surface area (Å²) in [4.78, 5) is 39.8. The normalized spacial score (nSPS) is 21.1. The highest BCUT2D eigenvalue weighted by molar-refractivity contribution is 5.99. The predicted molar refractivity (Wildman–Crippen MR) is 112 cm³/mol. The molecule has 2 saturated heterocycles. The molecule has 2 aliphatic heterocycles. The standard InChI is InChI=1S/C23H22F3N3O4/c24-23(25,26)15-5-3-14(4-6-15)21(31)28-17(11-13-1-7-16(27)8-2-13)22(32)29-10-9-19-20(29)18(30)12-33-19/h1-8,17,19-20H,9-12,27H2,(H,28,31). The summed E-state index contributed by atoms with van der Waals surface area (Å²) >= 11 is 0. The lowest BCUT2D eigenvalue weighted by Gasteiger charge is -2.27.